The molecule has 3 heterocycles. The fraction of sp³-hybridized carbons (Fsp3) is 0.500. The summed E-state index contributed by atoms with van der Waals surface area (Å²) >= 11 is 0. The maximum atomic E-state index is 12.1. The van der Waals surface area contributed by atoms with Crippen LogP contribution in [-0.4, -0.2) is 38.0 Å². The third kappa shape index (κ3) is 2.81. The first-order valence-corrected chi connectivity index (χ1v) is 10.3. The number of H-pyrrole nitrogens is 1. The predicted octanol–water partition coefficient (Wildman–Crippen LogP) is 3.47. The van der Waals surface area contributed by atoms with Crippen molar-refractivity contribution in [1.82, 2.24) is 14.7 Å². The van der Waals surface area contributed by atoms with E-state index in [0.29, 0.717) is 18.2 Å². The Balaban J connectivity index is 1.65. The minimum absolute atomic E-state index is 0.114. The van der Waals surface area contributed by atoms with Crippen LogP contribution in [0.4, 0.5) is 0 Å². The van der Waals surface area contributed by atoms with Crippen LogP contribution in [0.2, 0.25) is 0 Å². The Morgan fingerprint density at radius 1 is 1.30 bits per heavy atom. The van der Waals surface area contributed by atoms with Crippen LogP contribution in [0, 0.1) is 5.92 Å². The zero-order valence-electron chi connectivity index (χ0n) is 17.3. The minimum Gasteiger partial charge on any atom is -0.477 e. The summed E-state index contributed by atoms with van der Waals surface area (Å²) in [6, 6.07) is 7.89. The number of nitrogens with zero attached hydrogens (tertiary/aromatic N) is 2. The summed E-state index contributed by atoms with van der Waals surface area (Å²) in [6.07, 6.45) is 2.55. The lowest BCUT2D eigenvalue weighted by molar-refractivity contribution is -0.0592. The summed E-state index contributed by atoms with van der Waals surface area (Å²) in [7, 11) is 0. The highest BCUT2D eigenvalue weighted by atomic mass is 16.5. The van der Waals surface area contributed by atoms with Gasteiger partial charge in [-0.05, 0) is 68.7 Å². The molecule has 30 heavy (non-hydrogen) atoms. The molecule has 5 rings (SSSR count). The van der Waals surface area contributed by atoms with E-state index in [1.54, 1.807) is 10.6 Å². The van der Waals surface area contributed by atoms with Crippen LogP contribution in [0.25, 0.3) is 10.9 Å². The molecule has 8 nitrogen and oxygen atoms in total. The van der Waals surface area contributed by atoms with Gasteiger partial charge in [0.1, 0.15) is 11.2 Å². The molecule has 2 N–H and O–H groups in total. The van der Waals surface area contributed by atoms with Crippen LogP contribution in [0.3, 0.4) is 0 Å². The van der Waals surface area contributed by atoms with E-state index < -0.39 is 17.3 Å². The van der Waals surface area contributed by atoms with Crippen LogP contribution in [0.5, 0.6) is 0 Å². The number of ether oxygens (including phenoxy) is 1. The molecule has 1 aromatic carbocycles. The normalized spacial score (nSPS) is 28.0. The fourth-order valence-electron chi connectivity index (χ4n) is 5.16. The standard InChI is InChI=1S/C22H25N3O5/c1-12-10-22(12,19-23-20(28)30-24-19)25-16-5-4-13(8-15(16)9-17(25)18(26)27)14-6-7-29-21(2,3)11-14/h4-5,8-9,12,14H,6-7,10-11H2,1-3H3,(H,26,27)(H,23,24,28). The largest absolute Gasteiger partial charge is 0.477 e. The number of carboxylic acids is 1. The zero-order chi connectivity index (χ0) is 21.3. The number of aromatic carboxylic acids is 1. The molecule has 3 aromatic rings. The van der Waals surface area contributed by atoms with Crippen LogP contribution in [0.1, 0.15) is 67.8 Å². The first kappa shape index (κ1) is 19.1. The van der Waals surface area contributed by atoms with Gasteiger partial charge < -0.3 is 14.4 Å². The van der Waals surface area contributed by atoms with Gasteiger partial charge in [-0.1, -0.05) is 18.1 Å². The summed E-state index contributed by atoms with van der Waals surface area (Å²) in [4.78, 5) is 26.3. The number of hydrogen-bond donors (Lipinski definition) is 2. The SMILES string of the molecule is CC1CC1(c1noc(=O)[nH]1)n1c(C(=O)O)cc2cc(C3CCOC(C)(C)C3)ccc21. The highest BCUT2D eigenvalue weighted by Crippen LogP contribution is 2.55. The number of hydrogen-bond acceptors (Lipinski definition) is 5. The predicted molar refractivity (Wildman–Crippen MR) is 109 cm³/mol. The summed E-state index contributed by atoms with van der Waals surface area (Å²) in [5, 5.41) is 14.7. The van der Waals surface area contributed by atoms with Gasteiger partial charge in [0.15, 0.2) is 5.82 Å². The molecule has 2 aromatic heterocycles. The highest BCUT2D eigenvalue weighted by Gasteiger charge is 2.59. The minimum atomic E-state index is -1.01. The maximum absolute atomic E-state index is 12.1. The average Bonchev–Trinajstić information content (AvgIpc) is 3.03. The van der Waals surface area contributed by atoms with Crippen LogP contribution < -0.4 is 5.76 Å². The smallest absolute Gasteiger partial charge is 0.438 e. The van der Waals surface area contributed by atoms with Crippen LogP contribution >= 0.6 is 0 Å². The summed E-state index contributed by atoms with van der Waals surface area (Å²) in [5.41, 5.74) is 1.31. The van der Waals surface area contributed by atoms with Gasteiger partial charge in [-0.3, -0.25) is 9.51 Å². The fourth-order valence-corrected chi connectivity index (χ4v) is 5.16. The number of aromatic amines is 1. The van der Waals surface area contributed by atoms with Gasteiger partial charge in [0.2, 0.25) is 0 Å². The van der Waals surface area contributed by atoms with Gasteiger partial charge in [0, 0.05) is 17.5 Å². The number of carbonyl (C=O) groups is 1. The average molecular weight is 411 g/mol. The molecule has 0 bridgehead atoms. The Hall–Kier alpha value is -2.87. The monoisotopic (exact) mass is 411 g/mol. The second-order valence-corrected chi connectivity index (χ2v) is 9.26. The number of rotatable bonds is 4. The van der Waals surface area contributed by atoms with Crippen molar-refractivity contribution in [3.8, 4) is 0 Å². The van der Waals surface area contributed by atoms with Crippen molar-refractivity contribution in [2.45, 2.75) is 57.1 Å². The Morgan fingerprint density at radius 3 is 2.67 bits per heavy atom. The molecule has 2 aliphatic rings. The quantitative estimate of drug-likeness (QED) is 0.680. The molecular weight excluding hydrogens is 386 g/mol. The lowest BCUT2D eigenvalue weighted by Crippen LogP contribution is -2.32. The van der Waals surface area contributed by atoms with Crippen molar-refractivity contribution in [3.63, 3.8) is 0 Å². The number of benzene rings is 1. The maximum Gasteiger partial charge on any atom is 0.438 e. The van der Waals surface area contributed by atoms with Crippen molar-refractivity contribution in [1.29, 1.82) is 0 Å². The molecule has 2 fully saturated rings. The van der Waals surface area contributed by atoms with Crippen molar-refractivity contribution >= 4 is 16.9 Å². The van der Waals surface area contributed by atoms with Crippen LogP contribution in [-0.2, 0) is 10.3 Å². The van der Waals surface area contributed by atoms with E-state index in [1.807, 2.05) is 13.0 Å². The molecule has 1 saturated carbocycles. The topological polar surface area (TPSA) is 110 Å². The van der Waals surface area contributed by atoms with Crippen LogP contribution in [0.15, 0.2) is 33.6 Å². The second kappa shape index (κ2) is 6.31. The second-order valence-electron chi connectivity index (χ2n) is 9.26. The van der Waals surface area contributed by atoms with E-state index >= 15 is 0 Å². The Morgan fingerprint density at radius 2 is 2.07 bits per heavy atom. The molecular formula is C22H25N3O5. The Kier molecular flexibility index (Phi) is 4.02. The summed E-state index contributed by atoms with van der Waals surface area (Å²) in [5.74, 6) is -0.792. The first-order valence-electron chi connectivity index (χ1n) is 10.3. The molecule has 1 aliphatic heterocycles. The van der Waals surface area contributed by atoms with Crippen molar-refractivity contribution < 1.29 is 19.2 Å². The Labute approximate surface area is 172 Å². The number of aromatic nitrogens is 3. The molecule has 1 saturated heterocycles. The lowest BCUT2D eigenvalue weighted by atomic mass is 9.83. The Bertz CT molecular complexity index is 1200. The number of nitrogens with one attached hydrogen (secondary N) is 1. The molecule has 0 spiro atoms. The van der Waals surface area contributed by atoms with E-state index in [4.69, 9.17) is 9.26 Å². The van der Waals surface area contributed by atoms with E-state index in [9.17, 15) is 14.7 Å². The summed E-state index contributed by atoms with van der Waals surface area (Å²) < 4.78 is 12.4. The number of fused-ring (bicyclic) bond motifs is 1. The zero-order valence-corrected chi connectivity index (χ0v) is 17.3. The number of carboxylic acid groups (broad SMARTS) is 1. The van der Waals surface area contributed by atoms with Gasteiger partial charge in [-0.25, -0.2) is 9.59 Å². The van der Waals surface area contributed by atoms with Crippen molar-refractivity contribution in [2.24, 2.45) is 5.92 Å². The van der Waals surface area contributed by atoms with Gasteiger partial charge in [-0.2, -0.15) is 0 Å². The molecule has 158 valence electrons. The molecule has 3 unspecified atom stereocenters. The van der Waals surface area contributed by atoms with E-state index in [1.165, 1.54) is 5.56 Å². The first-order chi connectivity index (χ1) is 14.2. The molecule has 8 heteroatoms. The van der Waals surface area contributed by atoms with Gasteiger partial charge in [0.05, 0.1) is 5.60 Å². The van der Waals surface area contributed by atoms with Crippen molar-refractivity contribution in [2.75, 3.05) is 6.61 Å². The van der Waals surface area contributed by atoms with E-state index in [2.05, 4.69) is 36.1 Å². The van der Waals surface area contributed by atoms with E-state index in [0.717, 1.165) is 30.4 Å². The van der Waals surface area contributed by atoms with Gasteiger partial charge in [-0.15, -0.1) is 0 Å². The van der Waals surface area contributed by atoms with E-state index in [-0.39, 0.29) is 17.2 Å². The lowest BCUT2D eigenvalue weighted by Gasteiger charge is -2.35. The third-order valence-electron chi connectivity index (χ3n) is 6.74. The third-order valence-corrected chi connectivity index (χ3v) is 6.74. The summed E-state index contributed by atoms with van der Waals surface area (Å²) in [6.45, 7) is 6.95. The molecule has 1 aliphatic carbocycles. The van der Waals surface area contributed by atoms with Crippen molar-refractivity contribution in [3.05, 3.63) is 51.9 Å². The van der Waals surface area contributed by atoms with Gasteiger partial charge >= 0.3 is 11.7 Å². The molecule has 0 amide bonds. The molecule has 0 radical (unpaired) electrons. The molecule has 3 atom stereocenters. The van der Waals surface area contributed by atoms with Gasteiger partial charge in [0.25, 0.3) is 0 Å². The highest BCUT2D eigenvalue weighted by molar-refractivity contribution is 5.95.